The van der Waals surface area contributed by atoms with Crippen LogP contribution < -0.4 is 10.3 Å². The highest BCUT2D eigenvalue weighted by atomic mass is 35.5. The SMILES string of the molecule is Cc1cccc(CN2C(=O)C3(c4ccccc42)c2c(oc4ccc(Cl)cc4c2=O)C(=O)N3CCO)c1. The number of para-hydroxylation sites is 1. The summed E-state index contributed by atoms with van der Waals surface area (Å²) in [6.45, 7) is 1.67. The third kappa shape index (κ3) is 2.93. The van der Waals surface area contributed by atoms with Gasteiger partial charge in [-0.2, -0.15) is 0 Å². The Bertz CT molecular complexity index is 1650. The van der Waals surface area contributed by atoms with Gasteiger partial charge in [-0.15, -0.1) is 0 Å². The van der Waals surface area contributed by atoms with Crippen LogP contribution in [0.1, 0.15) is 32.8 Å². The van der Waals surface area contributed by atoms with Crippen LogP contribution >= 0.6 is 11.6 Å². The minimum absolute atomic E-state index is 0.0418. The van der Waals surface area contributed by atoms with Gasteiger partial charge in [0.1, 0.15) is 5.58 Å². The third-order valence-electron chi connectivity index (χ3n) is 6.94. The molecule has 7 nitrogen and oxygen atoms in total. The van der Waals surface area contributed by atoms with E-state index in [1.54, 1.807) is 29.2 Å². The Morgan fingerprint density at radius 2 is 1.81 bits per heavy atom. The van der Waals surface area contributed by atoms with Crippen LogP contribution in [0.5, 0.6) is 0 Å². The van der Waals surface area contributed by atoms with Crippen LogP contribution in [-0.4, -0.2) is 35.0 Å². The zero-order valence-corrected chi connectivity index (χ0v) is 20.1. The van der Waals surface area contributed by atoms with Crippen molar-refractivity contribution in [2.24, 2.45) is 0 Å². The first-order chi connectivity index (χ1) is 17.4. The van der Waals surface area contributed by atoms with Crippen LogP contribution in [0.15, 0.2) is 75.9 Å². The van der Waals surface area contributed by atoms with E-state index >= 15 is 0 Å². The van der Waals surface area contributed by atoms with E-state index in [2.05, 4.69) is 0 Å². The molecule has 0 saturated carbocycles. The Morgan fingerprint density at radius 3 is 2.58 bits per heavy atom. The summed E-state index contributed by atoms with van der Waals surface area (Å²) >= 11 is 6.17. The van der Waals surface area contributed by atoms with E-state index in [1.807, 2.05) is 37.3 Å². The smallest absolute Gasteiger partial charge is 0.291 e. The number of amides is 2. The van der Waals surface area contributed by atoms with E-state index in [4.69, 9.17) is 16.0 Å². The lowest BCUT2D eigenvalue weighted by Gasteiger charge is -2.33. The zero-order chi connectivity index (χ0) is 25.2. The third-order valence-corrected chi connectivity index (χ3v) is 7.18. The predicted molar refractivity (Wildman–Crippen MR) is 135 cm³/mol. The van der Waals surface area contributed by atoms with Gasteiger partial charge >= 0.3 is 0 Å². The number of hydrogen-bond acceptors (Lipinski definition) is 5. The summed E-state index contributed by atoms with van der Waals surface area (Å²) in [5.74, 6) is -1.25. The zero-order valence-electron chi connectivity index (χ0n) is 19.3. The van der Waals surface area contributed by atoms with Crippen LogP contribution in [0, 0.1) is 6.92 Å². The molecule has 2 aliphatic heterocycles. The minimum Gasteiger partial charge on any atom is -0.450 e. The van der Waals surface area contributed by atoms with Gasteiger partial charge in [-0.1, -0.05) is 59.6 Å². The van der Waals surface area contributed by atoms with E-state index in [1.165, 1.54) is 17.0 Å². The quantitative estimate of drug-likeness (QED) is 0.457. The minimum atomic E-state index is -1.76. The molecular weight excluding hydrogens is 480 g/mol. The second-order valence-corrected chi connectivity index (χ2v) is 9.50. The highest BCUT2D eigenvalue weighted by Crippen LogP contribution is 2.52. The second kappa shape index (κ2) is 8.05. The Balaban J connectivity index is 1.66. The van der Waals surface area contributed by atoms with Gasteiger partial charge in [0.2, 0.25) is 5.76 Å². The maximum Gasteiger partial charge on any atom is 0.291 e. The van der Waals surface area contributed by atoms with Crippen LogP contribution in [0.25, 0.3) is 11.0 Å². The van der Waals surface area contributed by atoms with Crippen LogP contribution in [0.2, 0.25) is 5.02 Å². The van der Waals surface area contributed by atoms with Crippen molar-refractivity contribution < 1.29 is 19.1 Å². The Morgan fingerprint density at radius 1 is 1.00 bits per heavy atom. The normalized spacial score (nSPS) is 18.4. The molecule has 1 aromatic heterocycles. The monoisotopic (exact) mass is 500 g/mol. The van der Waals surface area contributed by atoms with E-state index in [0.29, 0.717) is 16.3 Å². The van der Waals surface area contributed by atoms with Gasteiger partial charge in [-0.25, -0.2) is 0 Å². The lowest BCUT2D eigenvalue weighted by atomic mass is 9.84. The van der Waals surface area contributed by atoms with E-state index in [0.717, 1.165) is 11.1 Å². The highest BCUT2D eigenvalue weighted by Gasteiger charge is 2.64. The number of nitrogens with zero attached hydrogens (tertiary/aromatic N) is 2. The summed E-state index contributed by atoms with van der Waals surface area (Å²) < 4.78 is 5.95. The molecule has 36 heavy (non-hydrogen) atoms. The lowest BCUT2D eigenvalue weighted by molar-refractivity contribution is -0.126. The van der Waals surface area contributed by atoms with Gasteiger partial charge in [-0.05, 0) is 36.8 Å². The average Bonchev–Trinajstić information content (AvgIpc) is 3.25. The van der Waals surface area contributed by atoms with Crippen molar-refractivity contribution in [1.29, 1.82) is 0 Å². The molecule has 0 aliphatic carbocycles. The van der Waals surface area contributed by atoms with Crippen LogP contribution in [0.3, 0.4) is 0 Å². The molecule has 2 aliphatic rings. The highest BCUT2D eigenvalue weighted by molar-refractivity contribution is 6.31. The molecule has 1 unspecified atom stereocenters. The molecule has 180 valence electrons. The number of aliphatic hydroxyl groups is 1. The van der Waals surface area contributed by atoms with Crippen molar-refractivity contribution in [2.45, 2.75) is 19.0 Å². The number of carbonyl (C=O) groups excluding carboxylic acids is 2. The standard InChI is InChI=1S/C28H21ClN2O5/c1-16-5-4-6-17(13-16)15-30-21-8-3-2-7-20(21)28(27(30)35)23-24(33)19-14-18(29)9-10-22(19)36-25(23)26(34)31(28)11-12-32/h2-10,13-14,32H,11-12,15H2,1H3. The Hall–Kier alpha value is -3.94. The summed E-state index contributed by atoms with van der Waals surface area (Å²) in [6.07, 6.45) is 0. The maximum atomic E-state index is 14.5. The van der Waals surface area contributed by atoms with Crippen molar-refractivity contribution in [3.05, 3.63) is 110 Å². The van der Waals surface area contributed by atoms with Crippen molar-refractivity contribution in [3.8, 4) is 0 Å². The summed E-state index contributed by atoms with van der Waals surface area (Å²) in [5.41, 5.74) is 0.957. The fraction of sp³-hybridized carbons (Fsp3) is 0.179. The molecule has 1 atom stereocenters. The number of aryl methyl sites for hydroxylation is 1. The number of hydrogen-bond donors (Lipinski definition) is 1. The van der Waals surface area contributed by atoms with Crippen molar-refractivity contribution >= 4 is 40.1 Å². The van der Waals surface area contributed by atoms with Gasteiger partial charge < -0.3 is 19.3 Å². The van der Waals surface area contributed by atoms with E-state index in [9.17, 15) is 19.5 Å². The molecule has 6 rings (SSSR count). The van der Waals surface area contributed by atoms with Gasteiger partial charge in [0.05, 0.1) is 29.8 Å². The van der Waals surface area contributed by atoms with Crippen LogP contribution in [-0.2, 0) is 16.9 Å². The van der Waals surface area contributed by atoms with Gasteiger partial charge in [0.15, 0.2) is 11.0 Å². The van der Waals surface area contributed by atoms with Crippen molar-refractivity contribution in [1.82, 2.24) is 4.90 Å². The van der Waals surface area contributed by atoms with E-state index < -0.39 is 29.4 Å². The molecule has 3 aromatic carbocycles. The predicted octanol–water partition coefficient (Wildman–Crippen LogP) is 3.99. The fourth-order valence-corrected chi connectivity index (χ4v) is 5.69. The summed E-state index contributed by atoms with van der Waals surface area (Å²) in [4.78, 5) is 45.0. The molecular formula is C28H21ClN2O5. The topological polar surface area (TPSA) is 91.1 Å². The van der Waals surface area contributed by atoms with E-state index in [-0.39, 0.29) is 35.4 Å². The first kappa shape index (κ1) is 22.5. The molecule has 8 heteroatoms. The summed E-state index contributed by atoms with van der Waals surface area (Å²) in [7, 11) is 0. The molecule has 3 heterocycles. The first-order valence-corrected chi connectivity index (χ1v) is 11.9. The average molecular weight is 501 g/mol. The molecule has 1 spiro atoms. The molecule has 0 fully saturated rings. The fourth-order valence-electron chi connectivity index (χ4n) is 5.51. The largest absolute Gasteiger partial charge is 0.450 e. The molecule has 0 radical (unpaired) electrons. The number of β-amino-alcohol motifs (C(OH)–C–C–N with tert-alkyl or cyclic N) is 1. The van der Waals surface area contributed by atoms with Crippen molar-refractivity contribution in [2.75, 3.05) is 18.1 Å². The molecule has 0 saturated heterocycles. The molecule has 2 amide bonds. The van der Waals surface area contributed by atoms with Gasteiger partial charge in [-0.3, -0.25) is 14.4 Å². The van der Waals surface area contributed by atoms with Gasteiger partial charge in [0, 0.05) is 17.1 Å². The second-order valence-electron chi connectivity index (χ2n) is 9.06. The summed E-state index contributed by atoms with van der Waals surface area (Å²) in [6, 6.07) is 19.5. The Labute approximate surface area is 211 Å². The number of aliphatic hydroxyl groups excluding tert-OH is 1. The number of fused-ring (bicyclic) bond motifs is 5. The molecule has 4 aromatic rings. The lowest BCUT2D eigenvalue weighted by Crippen LogP contribution is -2.54. The van der Waals surface area contributed by atoms with Gasteiger partial charge in [0.25, 0.3) is 11.8 Å². The number of anilines is 1. The van der Waals surface area contributed by atoms with Crippen LogP contribution in [0.4, 0.5) is 5.69 Å². The number of carbonyl (C=O) groups is 2. The Kier molecular flexibility index (Phi) is 5.03. The molecule has 1 N–H and O–H groups in total. The number of rotatable bonds is 4. The van der Waals surface area contributed by atoms with Crippen molar-refractivity contribution in [3.63, 3.8) is 0 Å². The molecule has 0 bridgehead atoms. The first-order valence-electron chi connectivity index (χ1n) is 11.5. The maximum absolute atomic E-state index is 14.5. The summed E-state index contributed by atoms with van der Waals surface area (Å²) in [5, 5.41) is 10.4. The number of halogens is 1. The number of benzene rings is 3.